The van der Waals surface area contributed by atoms with Crippen LogP contribution in [0, 0.1) is 0 Å². The van der Waals surface area contributed by atoms with Crippen molar-refractivity contribution in [3.05, 3.63) is 59.7 Å². The summed E-state index contributed by atoms with van der Waals surface area (Å²) in [5.74, 6) is -0.303. The highest BCUT2D eigenvalue weighted by Gasteiger charge is 2.05. The van der Waals surface area contributed by atoms with Crippen molar-refractivity contribution in [2.45, 2.75) is 13.3 Å². The smallest absolute Gasteiger partial charge is 0.337 e. The minimum Gasteiger partial charge on any atom is -0.465 e. The van der Waals surface area contributed by atoms with E-state index in [1.165, 1.54) is 12.7 Å². The zero-order valence-corrected chi connectivity index (χ0v) is 10.6. The monoisotopic (exact) mass is 240 g/mol. The molecule has 0 aliphatic carbocycles. The van der Waals surface area contributed by atoms with Gasteiger partial charge in [-0.15, -0.1) is 0 Å². The van der Waals surface area contributed by atoms with Crippen molar-refractivity contribution in [3.8, 4) is 11.1 Å². The Morgan fingerprint density at radius 2 is 1.44 bits per heavy atom. The molecule has 0 fully saturated rings. The third-order valence-corrected chi connectivity index (χ3v) is 3.00. The number of esters is 1. The average Bonchev–Trinajstić information content (AvgIpc) is 2.47. The highest BCUT2D eigenvalue weighted by atomic mass is 16.5. The second-order valence-corrected chi connectivity index (χ2v) is 4.12. The fraction of sp³-hybridized carbons (Fsp3) is 0.188. The summed E-state index contributed by atoms with van der Waals surface area (Å²) in [6.07, 6.45) is 1.04. The maximum Gasteiger partial charge on any atom is 0.337 e. The average molecular weight is 240 g/mol. The van der Waals surface area contributed by atoms with Crippen molar-refractivity contribution >= 4 is 5.97 Å². The van der Waals surface area contributed by atoms with Gasteiger partial charge >= 0.3 is 5.97 Å². The minimum atomic E-state index is -0.303. The van der Waals surface area contributed by atoms with Gasteiger partial charge in [0, 0.05) is 0 Å². The molecule has 2 nitrogen and oxygen atoms in total. The van der Waals surface area contributed by atoms with Gasteiger partial charge in [0.2, 0.25) is 0 Å². The molecule has 2 aromatic carbocycles. The number of ether oxygens (including phenoxy) is 1. The van der Waals surface area contributed by atoms with Crippen LogP contribution < -0.4 is 0 Å². The van der Waals surface area contributed by atoms with Crippen molar-refractivity contribution in [3.63, 3.8) is 0 Å². The van der Waals surface area contributed by atoms with Crippen LogP contribution in [0.3, 0.4) is 0 Å². The quantitative estimate of drug-likeness (QED) is 0.764. The van der Waals surface area contributed by atoms with Crippen LogP contribution in [0.15, 0.2) is 48.5 Å². The second kappa shape index (κ2) is 5.50. The van der Waals surface area contributed by atoms with Gasteiger partial charge in [0.25, 0.3) is 0 Å². The highest BCUT2D eigenvalue weighted by Crippen LogP contribution is 2.20. The maximum atomic E-state index is 11.3. The molecule has 92 valence electrons. The first-order valence-electron chi connectivity index (χ1n) is 6.02. The maximum absolute atomic E-state index is 11.3. The van der Waals surface area contributed by atoms with E-state index in [0.29, 0.717) is 5.56 Å². The van der Waals surface area contributed by atoms with Crippen LogP contribution in [-0.2, 0) is 11.2 Å². The topological polar surface area (TPSA) is 26.3 Å². The zero-order chi connectivity index (χ0) is 13.0. The molecule has 0 unspecified atom stereocenters. The predicted molar refractivity (Wildman–Crippen MR) is 72.6 cm³/mol. The predicted octanol–water partition coefficient (Wildman–Crippen LogP) is 3.70. The number of hydrogen-bond donors (Lipinski definition) is 0. The molecule has 2 heteroatoms. The molecule has 0 atom stereocenters. The lowest BCUT2D eigenvalue weighted by molar-refractivity contribution is 0.0601. The Kier molecular flexibility index (Phi) is 3.78. The van der Waals surface area contributed by atoms with Crippen LogP contribution in [-0.4, -0.2) is 13.1 Å². The van der Waals surface area contributed by atoms with Gasteiger partial charge in [-0.05, 0) is 35.2 Å². The summed E-state index contributed by atoms with van der Waals surface area (Å²) in [5, 5.41) is 0. The second-order valence-electron chi connectivity index (χ2n) is 4.12. The van der Waals surface area contributed by atoms with Gasteiger partial charge in [0.05, 0.1) is 12.7 Å². The molecule has 0 N–H and O–H groups in total. The third kappa shape index (κ3) is 2.59. The molecule has 0 radical (unpaired) electrons. The first kappa shape index (κ1) is 12.4. The molecular formula is C16H16O2. The van der Waals surface area contributed by atoms with Crippen LogP contribution in [0.25, 0.3) is 11.1 Å². The summed E-state index contributed by atoms with van der Waals surface area (Å²) in [6, 6.07) is 15.9. The lowest BCUT2D eigenvalue weighted by atomic mass is 10.0. The van der Waals surface area contributed by atoms with Crippen LogP contribution in [0.5, 0.6) is 0 Å². The number of carbonyl (C=O) groups excluding carboxylic acids is 1. The Bertz CT molecular complexity index is 524. The van der Waals surface area contributed by atoms with Crippen molar-refractivity contribution in [2.75, 3.05) is 7.11 Å². The van der Waals surface area contributed by atoms with Gasteiger partial charge < -0.3 is 4.74 Å². The van der Waals surface area contributed by atoms with Gasteiger partial charge in [0.1, 0.15) is 0 Å². The Labute approximate surface area is 107 Å². The number of rotatable bonds is 3. The Balaban J connectivity index is 2.25. The summed E-state index contributed by atoms with van der Waals surface area (Å²) < 4.78 is 4.67. The van der Waals surface area contributed by atoms with E-state index in [2.05, 4.69) is 35.9 Å². The van der Waals surface area contributed by atoms with Crippen LogP contribution >= 0.6 is 0 Å². The molecule has 0 saturated carbocycles. The fourth-order valence-corrected chi connectivity index (χ4v) is 1.85. The summed E-state index contributed by atoms with van der Waals surface area (Å²) in [6.45, 7) is 2.14. The number of aryl methyl sites for hydroxylation is 1. The molecule has 0 spiro atoms. The van der Waals surface area contributed by atoms with E-state index in [-0.39, 0.29) is 5.97 Å². The van der Waals surface area contributed by atoms with E-state index < -0.39 is 0 Å². The van der Waals surface area contributed by atoms with Crippen LogP contribution in [0.1, 0.15) is 22.8 Å². The molecule has 0 aliphatic heterocycles. The van der Waals surface area contributed by atoms with Gasteiger partial charge in [-0.2, -0.15) is 0 Å². The highest BCUT2D eigenvalue weighted by molar-refractivity contribution is 5.89. The summed E-state index contributed by atoms with van der Waals surface area (Å²) in [7, 11) is 1.39. The van der Waals surface area contributed by atoms with E-state index in [1.807, 2.05) is 12.1 Å². The first-order valence-corrected chi connectivity index (χ1v) is 6.02. The van der Waals surface area contributed by atoms with Gasteiger partial charge in [0.15, 0.2) is 0 Å². The number of hydrogen-bond acceptors (Lipinski definition) is 2. The molecule has 18 heavy (non-hydrogen) atoms. The summed E-state index contributed by atoms with van der Waals surface area (Å²) in [5.41, 5.74) is 4.16. The third-order valence-electron chi connectivity index (χ3n) is 3.00. The minimum absolute atomic E-state index is 0.303. The largest absolute Gasteiger partial charge is 0.465 e. The van der Waals surface area contributed by atoms with Crippen LogP contribution in [0.2, 0.25) is 0 Å². The van der Waals surface area contributed by atoms with Gasteiger partial charge in [-0.3, -0.25) is 0 Å². The molecule has 0 heterocycles. The molecule has 0 saturated heterocycles. The molecule has 0 bridgehead atoms. The van der Waals surface area contributed by atoms with Crippen molar-refractivity contribution in [1.82, 2.24) is 0 Å². The van der Waals surface area contributed by atoms with Crippen molar-refractivity contribution in [1.29, 1.82) is 0 Å². The van der Waals surface area contributed by atoms with E-state index >= 15 is 0 Å². The van der Waals surface area contributed by atoms with E-state index in [4.69, 9.17) is 0 Å². The molecule has 0 amide bonds. The first-order chi connectivity index (χ1) is 8.74. The van der Waals surface area contributed by atoms with Gasteiger partial charge in [-0.25, -0.2) is 4.79 Å². The molecular weight excluding hydrogens is 224 g/mol. The summed E-state index contributed by atoms with van der Waals surface area (Å²) >= 11 is 0. The zero-order valence-electron chi connectivity index (χ0n) is 10.6. The Morgan fingerprint density at radius 3 is 1.89 bits per heavy atom. The van der Waals surface area contributed by atoms with Gasteiger partial charge in [-0.1, -0.05) is 43.3 Å². The van der Waals surface area contributed by atoms with Crippen molar-refractivity contribution in [2.24, 2.45) is 0 Å². The number of carbonyl (C=O) groups is 1. The summed E-state index contributed by atoms with van der Waals surface area (Å²) in [4.78, 5) is 11.3. The molecule has 0 aliphatic rings. The lowest BCUT2D eigenvalue weighted by Crippen LogP contribution is -2.00. The van der Waals surface area contributed by atoms with E-state index in [0.717, 1.165) is 17.5 Å². The molecule has 2 aromatic rings. The number of methoxy groups -OCH3 is 1. The SMILES string of the molecule is CCc1ccc(-c2ccc(C(=O)OC)cc2)cc1. The van der Waals surface area contributed by atoms with Crippen molar-refractivity contribution < 1.29 is 9.53 Å². The van der Waals surface area contributed by atoms with E-state index in [9.17, 15) is 4.79 Å². The molecule has 2 rings (SSSR count). The Morgan fingerprint density at radius 1 is 0.944 bits per heavy atom. The van der Waals surface area contributed by atoms with E-state index in [1.54, 1.807) is 12.1 Å². The number of benzene rings is 2. The normalized spacial score (nSPS) is 10.1. The molecule has 0 aromatic heterocycles. The fourth-order valence-electron chi connectivity index (χ4n) is 1.85. The van der Waals surface area contributed by atoms with Crippen LogP contribution in [0.4, 0.5) is 0 Å². The Hall–Kier alpha value is -2.09. The standard InChI is InChI=1S/C16H16O2/c1-3-12-4-6-13(7-5-12)14-8-10-15(11-9-14)16(17)18-2/h4-11H,3H2,1-2H3. The lowest BCUT2D eigenvalue weighted by Gasteiger charge is -2.04.